The van der Waals surface area contributed by atoms with Crippen LogP contribution in [0.5, 0.6) is 0 Å². The summed E-state index contributed by atoms with van der Waals surface area (Å²) in [7, 11) is 0. The van der Waals surface area contributed by atoms with Gasteiger partial charge in [0.2, 0.25) is 0 Å². The molecule has 3 heteroatoms. The average Bonchev–Trinajstić information content (AvgIpc) is 3.29. The van der Waals surface area contributed by atoms with Crippen LogP contribution >= 0.6 is 0 Å². The third-order valence-corrected chi connectivity index (χ3v) is 9.78. The first kappa shape index (κ1) is 18.9. The van der Waals surface area contributed by atoms with Crippen LogP contribution in [0.2, 0.25) is 0 Å². The molecule has 5 aliphatic rings. The molecule has 1 heterocycles. The maximum atomic E-state index is 12.3. The highest BCUT2D eigenvalue weighted by atomic mass is 16.5. The lowest BCUT2D eigenvalue weighted by Crippen LogP contribution is -2.56. The van der Waals surface area contributed by atoms with E-state index in [1.54, 1.807) is 0 Å². The molecule has 5 rings (SSSR count). The van der Waals surface area contributed by atoms with Crippen LogP contribution in [-0.4, -0.2) is 17.9 Å². The summed E-state index contributed by atoms with van der Waals surface area (Å²) in [6, 6.07) is 0. The Morgan fingerprint density at radius 1 is 1.07 bits per heavy atom. The Morgan fingerprint density at radius 3 is 2.50 bits per heavy atom. The number of cyclic esters (lactones) is 1. The number of carbonyl (C=O) groups excluding carboxylic acids is 2. The van der Waals surface area contributed by atoms with Gasteiger partial charge < -0.3 is 4.74 Å². The Hall–Kier alpha value is -1.12. The Balaban J connectivity index is 1.53. The lowest BCUT2D eigenvalue weighted by molar-refractivity contribution is -0.158. The van der Waals surface area contributed by atoms with Crippen molar-refractivity contribution in [2.75, 3.05) is 0 Å². The molecule has 3 saturated carbocycles. The van der Waals surface area contributed by atoms with Crippen LogP contribution in [0.3, 0.4) is 0 Å². The summed E-state index contributed by atoms with van der Waals surface area (Å²) in [5.41, 5.74) is 2.19. The highest BCUT2D eigenvalue weighted by Gasteiger charge is 2.65. The molecular formula is C25H36O3. The summed E-state index contributed by atoms with van der Waals surface area (Å²) >= 11 is 0. The third kappa shape index (κ3) is 2.53. The molecule has 4 fully saturated rings. The third-order valence-electron chi connectivity index (χ3n) is 9.78. The lowest BCUT2D eigenvalue weighted by Gasteiger charge is -2.61. The fourth-order valence-corrected chi connectivity index (χ4v) is 8.20. The van der Waals surface area contributed by atoms with Crippen molar-refractivity contribution in [1.29, 1.82) is 0 Å². The second-order valence-corrected chi connectivity index (χ2v) is 11.2. The SMILES string of the molecule is CCCC1C2CC3(CC3)C3=CC(=O)CC[C@]3(C)C2CC[C@]1(C)C1CCC(=O)O1. The number of esters is 1. The summed E-state index contributed by atoms with van der Waals surface area (Å²) in [5.74, 6) is 2.42. The molecule has 1 spiro atoms. The number of hydrogen-bond acceptors (Lipinski definition) is 3. The number of rotatable bonds is 3. The zero-order valence-electron chi connectivity index (χ0n) is 17.9. The molecule has 0 amide bonds. The monoisotopic (exact) mass is 384 g/mol. The smallest absolute Gasteiger partial charge is 0.306 e. The van der Waals surface area contributed by atoms with E-state index < -0.39 is 0 Å². The van der Waals surface area contributed by atoms with Gasteiger partial charge in [0.15, 0.2) is 5.78 Å². The first-order valence-electron chi connectivity index (χ1n) is 11.8. The second kappa shape index (κ2) is 6.19. The molecule has 4 unspecified atom stereocenters. The van der Waals surface area contributed by atoms with E-state index in [4.69, 9.17) is 4.74 Å². The number of fused-ring (bicyclic) bond motifs is 4. The number of carbonyl (C=O) groups is 2. The van der Waals surface area contributed by atoms with Crippen molar-refractivity contribution in [2.45, 2.75) is 97.5 Å². The first-order valence-corrected chi connectivity index (χ1v) is 11.8. The van der Waals surface area contributed by atoms with Crippen molar-refractivity contribution in [3.8, 4) is 0 Å². The molecule has 28 heavy (non-hydrogen) atoms. The molecule has 0 radical (unpaired) electrons. The molecule has 154 valence electrons. The summed E-state index contributed by atoms with van der Waals surface area (Å²) in [4.78, 5) is 24.2. The van der Waals surface area contributed by atoms with Gasteiger partial charge in [0.25, 0.3) is 0 Å². The predicted octanol–water partition coefficient (Wildman–Crippen LogP) is 5.62. The van der Waals surface area contributed by atoms with Crippen LogP contribution in [0.4, 0.5) is 0 Å². The lowest BCUT2D eigenvalue weighted by atomic mass is 9.43. The zero-order valence-corrected chi connectivity index (χ0v) is 17.9. The summed E-state index contributed by atoms with van der Waals surface area (Å²) in [5, 5.41) is 0. The van der Waals surface area contributed by atoms with E-state index in [1.165, 1.54) is 50.5 Å². The van der Waals surface area contributed by atoms with Crippen LogP contribution in [0.25, 0.3) is 0 Å². The Morgan fingerprint density at radius 2 is 1.86 bits per heavy atom. The molecule has 4 aliphatic carbocycles. The van der Waals surface area contributed by atoms with E-state index in [-0.39, 0.29) is 22.9 Å². The Bertz CT molecular complexity index is 732. The predicted molar refractivity (Wildman–Crippen MR) is 109 cm³/mol. The van der Waals surface area contributed by atoms with Crippen LogP contribution < -0.4 is 0 Å². The fourth-order valence-electron chi connectivity index (χ4n) is 8.20. The summed E-state index contributed by atoms with van der Waals surface area (Å²) in [6.45, 7) is 7.24. The molecule has 3 nitrogen and oxygen atoms in total. The quantitative estimate of drug-likeness (QED) is 0.593. The maximum absolute atomic E-state index is 12.3. The van der Waals surface area contributed by atoms with E-state index in [9.17, 15) is 9.59 Å². The minimum Gasteiger partial charge on any atom is -0.462 e. The van der Waals surface area contributed by atoms with Gasteiger partial charge >= 0.3 is 5.97 Å². The maximum Gasteiger partial charge on any atom is 0.306 e. The van der Waals surface area contributed by atoms with E-state index >= 15 is 0 Å². The molecular weight excluding hydrogens is 348 g/mol. The molecule has 0 aromatic rings. The van der Waals surface area contributed by atoms with Crippen molar-refractivity contribution < 1.29 is 14.3 Å². The normalized spacial score (nSPS) is 46.6. The van der Waals surface area contributed by atoms with Crippen LogP contribution in [0.1, 0.15) is 91.4 Å². The van der Waals surface area contributed by atoms with Crippen molar-refractivity contribution in [1.82, 2.24) is 0 Å². The van der Waals surface area contributed by atoms with Crippen LogP contribution in [0.15, 0.2) is 11.6 Å². The van der Waals surface area contributed by atoms with E-state index in [0.717, 1.165) is 25.2 Å². The van der Waals surface area contributed by atoms with Gasteiger partial charge in [-0.1, -0.05) is 32.8 Å². The van der Waals surface area contributed by atoms with Gasteiger partial charge in [0.05, 0.1) is 0 Å². The minimum atomic E-state index is 0.00822. The first-order chi connectivity index (χ1) is 13.3. The van der Waals surface area contributed by atoms with Crippen molar-refractivity contribution in [2.24, 2.45) is 34.0 Å². The highest BCUT2D eigenvalue weighted by Crippen LogP contribution is 2.73. The van der Waals surface area contributed by atoms with Crippen LogP contribution in [-0.2, 0) is 14.3 Å². The van der Waals surface area contributed by atoms with E-state index in [2.05, 4.69) is 26.8 Å². The summed E-state index contributed by atoms with van der Waals surface area (Å²) < 4.78 is 5.88. The van der Waals surface area contributed by atoms with Gasteiger partial charge in [-0.15, -0.1) is 0 Å². The molecule has 0 aromatic carbocycles. The number of hydrogen-bond donors (Lipinski definition) is 0. The van der Waals surface area contributed by atoms with Crippen molar-refractivity contribution in [3.05, 3.63) is 11.6 Å². The number of ketones is 1. The van der Waals surface area contributed by atoms with Gasteiger partial charge in [0.1, 0.15) is 6.10 Å². The molecule has 0 aromatic heterocycles. The molecule has 0 N–H and O–H groups in total. The van der Waals surface area contributed by atoms with Gasteiger partial charge in [-0.25, -0.2) is 0 Å². The van der Waals surface area contributed by atoms with Gasteiger partial charge in [-0.05, 0) is 86.0 Å². The topological polar surface area (TPSA) is 43.4 Å². The van der Waals surface area contributed by atoms with Crippen molar-refractivity contribution in [3.63, 3.8) is 0 Å². The minimum absolute atomic E-state index is 0.00822. The molecule has 1 aliphatic heterocycles. The van der Waals surface area contributed by atoms with Crippen LogP contribution in [0, 0.1) is 34.0 Å². The highest BCUT2D eigenvalue weighted by molar-refractivity contribution is 5.92. The van der Waals surface area contributed by atoms with Gasteiger partial charge in [-0.3, -0.25) is 9.59 Å². The van der Waals surface area contributed by atoms with E-state index in [0.29, 0.717) is 29.5 Å². The Kier molecular flexibility index (Phi) is 4.17. The molecule has 1 saturated heterocycles. The zero-order chi connectivity index (χ0) is 19.7. The molecule has 6 atom stereocenters. The fraction of sp³-hybridized carbons (Fsp3) is 0.840. The van der Waals surface area contributed by atoms with Gasteiger partial charge in [-0.2, -0.15) is 0 Å². The van der Waals surface area contributed by atoms with Gasteiger partial charge in [0, 0.05) is 18.3 Å². The number of allylic oxidation sites excluding steroid dienone is 2. The largest absolute Gasteiger partial charge is 0.462 e. The average molecular weight is 385 g/mol. The molecule has 0 bridgehead atoms. The Labute approximate surface area is 169 Å². The number of ether oxygens (including phenoxy) is 1. The standard InChI is InChI=1S/C25H36O3/c1-4-5-18-17-15-25(12-13-25)20-14-16(26)8-10-23(20,2)19(17)9-11-24(18,3)21-6-7-22(27)28-21/h14,17-19,21H,4-13,15H2,1-3H3/t17?,18?,19?,21?,23-,24+/m1/s1. The second-order valence-electron chi connectivity index (χ2n) is 11.2. The van der Waals surface area contributed by atoms with E-state index in [1.807, 2.05) is 0 Å². The van der Waals surface area contributed by atoms with Crippen molar-refractivity contribution >= 4 is 11.8 Å². The summed E-state index contributed by atoms with van der Waals surface area (Å²) in [6.07, 6.45) is 14.2.